The van der Waals surface area contributed by atoms with Gasteiger partial charge in [-0.05, 0) is 20.8 Å². The molecule has 92 valence electrons. The number of carbonyl (C=O) groups is 2. The highest BCUT2D eigenvalue weighted by atomic mass is 16.8. The Balaban J connectivity index is 3.05. The average Bonchev–Trinajstić information content (AvgIpc) is 2.47. The first-order chi connectivity index (χ1) is 7.27. The highest BCUT2D eigenvalue weighted by Gasteiger charge is 2.59. The van der Waals surface area contributed by atoms with Gasteiger partial charge in [0.1, 0.15) is 0 Å². The Hall–Kier alpha value is -1.14. The third kappa shape index (κ3) is 2.03. The van der Waals surface area contributed by atoms with Crippen molar-refractivity contribution in [2.24, 2.45) is 0 Å². The Labute approximate surface area is 93.8 Å². The van der Waals surface area contributed by atoms with Crippen molar-refractivity contribution in [2.75, 3.05) is 14.2 Å². The monoisotopic (exact) mass is 232 g/mol. The van der Waals surface area contributed by atoms with Crippen LogP contribution in [0.2, 0.25) is 0 Å². The van der Waals surface area contributed by atoms with Gasteiger partial charge in [-0.25, -0.2) is 9.59 Å². The lowest BCUT2D eigenvalue weighted by Gasteiger charge is -2.24. The lowest BCUT2D eigenvalue weighted by molar-refractivity contribution is -0.184. The maximum absolute atomic E-state index is 11.6. The smallest absolute Gasteiger partial charge is 0.341 e. The highest BCUT2D eigenvalue weighted by Crippen LogP contribution is 2.37. The van der Waals surface area contributed by atoms with Crippen molar-refractivity contribution in [3.63, 3.8) is 0 Å². The van der Waals surface area contributed by atoms with Crippen LogP contribution in [0.25, 0.3) is 0 Å². The van der Waals surface area contributed by atoms with E-state index in [1.807, 2.05) is 0 Å². The highest BCUT2D eigenvalue weighted by molar-refractivity contribution is 5.89. The van der Waals surface area contributed by atoms with Crippen LogP contribution >= 0.6 is 0 Å². The molecule has 1 aliphatic rings. The predicted octanol–water partition coefficient (Wildman–Crippen LogP) is 0.243. The summed E-state index contributed by atoms with van der Waals surface area (Å²) in [4.78, 5) is 23.1. The molecule has 0 saturated carbocycles. The molecule has 2 atom stereocenters. The molecule has 1 saturated heterocycles. The lowest BCUT2D eigenvalue weighted by Crippen LogP contribution is -2.49. The summed E-state index contributed by atoms with van der Waals surface area (Å²) in [5, 5.41) is 0. The Morgan fingerprint density at radius 3 is 2.12 bits per heavy atom. The Morgan fingerprint density at radius 2 is 1.69 bits per heavy atom. The molecule has 1 fully saturated rings. The fourth-order valence-electron chi connectivity index (χ4n) is 1.72. The van der Waals surface area contributed by atoms with Crippen molar-refractivity contribution < 1.29 is 28.5 Å². The van der Waals surface area contributed by atoms with Crippen molar-refractivity contribution in [2.45, 2.75) is 38.3 Å². The molecule has 1 heterocycles. The summed E-state index contributed by atoms with van der Waals surface area (Å²) in [6.07, 6.45) is -1.13. The molecule has 0 radical (unpaired) electrons. The van der Waals surface area contributed by atoms with Crippen molar-refractivity contribution in [1.29, 1.82) is 0 Å². The first-order valence-electron chi connectivity index (χ1n) is 4.81. The van der Waals surface area contributed by atoms with Crippen LogP contribution in [-0.2, 0) is 28.5 Å². The molecule has 6 nitrogen and oxygen atoms in total. The predicted molar refractivity (Wildman–Crippen MR) is 52.5 cm³/mol. The van der Waals surface area contributed by atoms with E-state index >= 15 is 0 Å². The number of ether oxygens (including phenoxy) is 4. The fraction of sp³-hybridized carbons (Fsp3) is 0.800. The molecule has 16 heavy (non-hydrogen) atoms. The Kier molecular flexibility index (Phi) is 3.25. The summed E-state index contributed by atoms with van der Waals surface area (Å²) < 4.78 is 19.9. The van der Waals surface area contributed by atoms with Crippen LogP contribution < -0.4 is 0 Å². The van der Waals surface area contributed by atoms with Gasteiger partial charge in [0.2, 0.25) is 5.60 Å². The SMILES string of the molecule is COC(=O)C1OC(C)(C)OC1(C)C(=O)OC. The van der Waals surface area contributed by atoms with E-state index in [0.717, 1.165) is 0 Å². The maximum Gasteiger partial charge on any atom is 0.341 e. The molecule has 0 aromatic heterocycles. The number of carbonyl (C=O) groups excluding carboxylic acids is 2. The van der Waals surface area contributed by atoms with Gasteiger partial charge in [-0.3, -0.25) is 0 Å². The second-order valence-corrected chi connectivity index (χ2v) is 4.12. The maximum atomic E-state index is 11.6. The summed E-state index contributed by atoms with van der Waals surface area (Å²) in [5.74, 6) is -2.38. The lowest BCUT2D eigenvalue weighted by atomic mass is 10.00. The molecule has 0 aromatic carbocycles. The number of methoxy groups -OCH3 is 2. The van der Waals surface area contributed by atoms with E-state index in [1.165, 1.54) is 21.1 Å². The van der Waals surface area contributed by atoms with Crippen LogP contribution in [0.15, 0.2) is 0 Å². The molecule has 1 rings (SSSR count). The molecule has 0 bridgehead atoms. The standard InChI is InChI=1S/C10H16O6/c1-9(2)15-6(7(11)13-4)10(3,16-9)8(12)14-5/h6H,1-5H3. The van der Waals surface area contributed by atoms with Crippen LogP contribution in [0.1, 0.15) is 20.8 Å². The van der Waals surface area contributed by atoms with Gasteiger partial charge in [-0.1, -0.05) is 0 Å². The minimum atomic E-state index is -1.48. The number of hydrogen-bond acceptors (Lipinski definition) is 6. The summed E-state index contributed by atoms with van der Waals surface area (Å²) in [7, 11) is 2.44. The summed E-state index contributed by atoms with van der Waals surface area (Å²) in [6, 6.07) is 0. The fourth-order valence-corrected chi connectivity index (χ4v) is 1.72. The van der Waals surface area contributed by atoms with Crippen molar-refractivity contribution in [1.82, 2.24) is 0 Å². The summed E-state index contributed by atoms with van der Waals surface area (Å²) in [6.45, 7) is 4.66. The third-order valence-corrected chi connectivity index (χ3v) is 2.37. The van der Waals surface area contributed by atoms with Gasteiger partial charge in [-0.15, -0.1) is 0 Å². The van der Waals surface area contributed by atoms with Gasteiger partial charge in [-0.2, -0.15) is 0 Å². The Morgan fingerprint density at radius 1 is 1.12 bits per heavy atom. The van der Waals surface area contributed by atoms with Crippen molar-refractivity contribution in [3.05, 3.63) is 0 Å². The van der Waals surface area contributed by atoms with Gasteiger partial charge < -0.3 is 18.9 Å². The topological polar surface area (TPSA) is 71.1 Å². The average molecular weight is 232 g/mol. The van der Waals surface area contributed by atoms with Gasteiger partial charge in [0.05, 0.1) is 14.2 Å². The second kappa shape index (κ2) is 4.03. The van der Waals surface area contributed by atoms with Gasteiger partial charge >= 0.3 is 11.9 Å². The largest absolute Gasteiger partial charge is 0.467 e. The first kappa shape index (κ1) is 12.9. The summed E-state index contributed by atoms with van der Waals surface area (Å²) in [5.41, 5.74) is -1.48. The van der Waals surface area contributed by atoms with Crippen LogP contribution in [-0.4, -0.2) is 43.7 Å². The first-order valence-corrected chi connectivity index (χ1v) is 4.81. The number of esters is 2. The van der Waals surface area contributed by atoms with E-state index < -0.39 is 29.4 Å². The molecule has 0 spiro atoms. The quantitative estimate of drug-likeness (QED) is 0.635. The summed E-state index contributed by atoms with van der Waals surface area (Å²) >= 11 is 0. The minimum absolute atomic E-state index is 0.668. The molecular formula is C10H16O6. The van der Waals surface area contributed by atoms with E-state index in [9.17, 15) is 9.59 Å². The van der Waals surface area contributed by atoms with E-state index in [-0.39, 0.29) is 0 Å². The molecule has 6 heteroatoms. The van der Waals surface area contributed by atoms with Crippen LogP contribution in [0, 0.1) is 0 Å². The van der Waals surface area contributed by atoms with Crippen LogP contribution in [0.5, 0.6) is 0 Å². The van der Waals surface area contributed by atoms with E-state index in [0.29, 0.717) is 0 Å². The normalized spacial score (nSPS) is 32.2. The number of hydrogen-bond donors (Lipinski definition) is 0. The zero-order valence-electron chi connectivity index (χ0n) is 10.0. The van der Waals surface area contributed by atoms with Crippen molar-refractivity contribution in [3.8, 4) is 0 Å². The van der Waals surface area contributed by atoms with Gasteiger partial charge in [0, 0.05) is 0 Å². The molecule has 2 unspecified atom stereocenters. The molecule has 0 aliphatic carbocycles. The molecule has 0 N–H and O–H groups in total. The van der Waals surface area contributed by atoms with E-state index in [4.69, 9.17) is 9.47 Å². The third-order valence-electron chi connectivity index (χ3n) is 2.37. The minimum Gasteiger partial charge on any atom is -0.467 e. The van der Waals surface area contributed by atoms with E-state index in [1.54, 1.807) is 13.8 Å². The zero-order valence-corrected chi connectivity index (χ0v) is 10.0. The molecule has 1 aliphatic heterocycles. The Bertz CT molecular complexity index is 310. The van der Waals surface area contributed by atoms with Crippen LogP contribution in [0.4, 0.5) is 0 Å². The van der Waals surface area contributed by atoms with Gasteiger partial charge in [0.15, 0.2) is 11.9 Å². The molecule has 0 amide bonds. The second-order valence-electron chi connectivity index (χ2n) is 4.12. The van der Waals surface area contributed by atoms with E-state index in [2.05, 4.69) is 9.47 Å². The molecular weight excluding hydrogens is 216 g/mol. The molecule has 0 aromatic rings. The van der Waals surface area contributed by atoms with Gasteiger partial charge in [0.25, 0.3) is 0 Å². The van der Waals surface area contributed by atoms with Crippen molar-refractivity contribution >= 4 is 11.9 Å². The van der Waals surface area contributed by atoms with Crippen LogP contribution in [0.3, 0.4) is 0 Å². The number of rotatable bonds is 2. The zero-order chi connectivity index (χ0) is 12.6.